The summed E-state index contributed by atoms with van der Waals surface area (Å²) in [6, 6.07) is 2.46. The molecule has 0 amide bonds. The number of benzene rings is 1. The fraction of sp³-hybridized carbons (Fsp3) is 0.400. The topological polar surface area (TPSA) is 72.7 Å². The number of halogens is 3. The van der Waals surface area contributed by atoms with Crippen LogP contribution in [0.25, 0.3) is 0 Å². The average molecular weight is 251 g/mol. The average Bonchev–Trinajstić information content (AvgIpc) is 2.22. The molecule has 0 unspecified atom stereocenters. The molecule has 4 nitrogen and oxygen atoms in total. The number of alkyl halides is 3. The van der Waals surface area contributed by atoms with Crippen LogP contribution in [0.2, 0.25) is 0 Å². The van der Waals surface area contributed by atoms with Gasteiger partial charge in [-0.3, -0.25) is 0 Å². The molecule has 0 saturated carbocycles. The number of phenolic OH excluding ortho intramolecular Hbond substituents is 3. The van der Waals surface area contributed by atoms with Gasteiger partial charge in [0.15, 0.2) is 11.5 Å². The summed E-state index contributed by atoms with van der Waals surface area (Å²) in [7, 11) is 0. The van der Waals surface area contributed by atoms with E-state index in [1.807, 2.05) is 0 Å². The molecule has 0 atom stereocenters. The predicted octanol–water partition coefficient (Wildman–Crippen LogP) is 1.85. The zero-order chi connectivity index (χ0) is 13.1. The second-order valence-electron chi connectivity index (χ2n) is 3.48. The fourth-order valence-electron chi connectivity index (χ4n) is 1.21. The first-order valence-electron chi connectivity index (χ1n) is 4.81. The summed E-state index contributed by atoms with van der Waals surface area (Å²) in [5, 5.41) is 30.0. The van der Waals surface area contributed by atoms with E-state index in [4.69, 9.17) is 10.2 Å². The highest BCUT2D eigenvalue weighted by molar-refractivity contribution is 5.52. The van der Waals surface area contributed by atoms with E-state index in [0.717, 1.165) is 6.07 Å². The van der Waals surface area contributed by atoms with Gasteiger partial charge in [-0.2, -0.15) is 13.2 Å². The molecule has 1 rings (SSSR count). The van der Waals surface area contributed by atoms with E-state index in [9.17, 15) is 18.3 Å². The first-order valence-corrected chi connectivity index (χ1v) is 4.81. The Morgan fingerprint density at radius 2 is 1.71 bits per heavy atom. The van der Waals surface area contributed by atoms with Crippen LogP contribution in [-0.4, -0.2) is 28.0 Å². The van der Waals surface area contributed by atoms with Gasteiger partial charge in [-0.05, 0) is 6.07 Å². The Bertz CT molecular complexity index is 393. The second-order valence-corrected chi connectivity index (χ2v) is 3.48. The van der Waals surface area contributed by atoms with Crippen LogP contribution in [0.15, 0.2) is 12.1 Å². The van der Waals surface area contributed by atoms with Crippen LogP contribution in [0.1, 0.15) is 12.0 Å². The highest BCUT2D eigenvalue weighted by Crippen LogP contribution is 2.36. The summed E-state index contributed by atoms with van der Waals surface area (Å²) in [6.07, 6.45) is -5.20. The standard InChI is InChI=1S/C10H12F3NO3/c11-10(12,13)3-4-14-5-6-1-2-7(15)9(17)8(6)16/h1-2,14-17H,3-5H2. The van der Waals surface area contributed by atoms with Crippen LogP contribution < -0.4 is 5.32 Å². The molecule has 0 heterocycles. The molecule has 17 heavy (non-hydrogen) atoms. The smallest absolute Gasteiger partial charge is 0.390 e. The van der Waals surface area contributed by atoms with Gasteiger partial charge in [0, 0.05) is 18.7 Å². The lowest BCUT2D eigenvalue weighted by molar-refractivity contribution is -0.133. The molecule has 0 fully saturated rings. The van der Waals surface area contributed by atoms with Gasteiger partial charge < -0.3 is 20.6 Å². The van der Waals surface area contributed by atoms with Gasteiger partial charge in [0.25, 0.3) is 0 Å². The molecule has 0 aliphatic rings. The second kappa shape index (κ2) is 5.13. The molecule has 1 aromatic rings. The van der Waals surface area contributed by atoms with Gasteiger partial charge in [0.05, 0.1) is 6.42 Å². The number of rotatable bonds is 4. The molecule has 0 saturated heterocycles. The Kier molecular flexibility index (Phi) is 4.06. The van der Waals surface area contributed by atoms with Crippen molar-refractivity contribution in [2.45, 2.75) is 19.1 Å². The summed E-state index contributed by atoms with van der Waals surface area (Å²) in [5.74, 6) is -1.70. The first-order chi connectivity index (χ1) is 7.81. The summed E-state index contributed by atoms with van der Waals surface area (Å²) < 4.78 is 35.4. The first kappa shape index (κ1) is 13.4. The molecule has 0 radical (unpaired) electrons. The Morgan fingerprint density at radius 1 is 1.06 bits per heavy atom. The van der Waals surface area contributed by atoms with Crippen LogP contribution in [-0.2, 0) is 6.54 Å². The van der Waals surface area contributed by atoms with Crippen molar-refractivity contribution in [2.24, 2.45) is 0 Å². The molecule has 0 aliphatic carbocycles. The van der Waals surface area contributed by atoms with E-state index in [0.29, 0.717) is 0 Å². The third-order valence-corrected chi connectivity index (χ3v) is 2.11. The van der Waals surface area contributed by atoms with Crippen LogP contribution in [0.4, 0.5) is 13.2 Å². The summed E-state index contributed by atoms with van der Waals surface area (Å²) in [6.45, 7) is -0.319. The number of phenols is 3. The van der Waals surface area contributed by atoms with E-state index in [1.54, 1.807) is 0 Å². The van der Waals surface area contributed by atoms with Gasteiger partial charge in [-0.15, -0.1) is 0 Å². The van der Waals surface area contributed by atoms with E-state index < -0.39 is 29.8 Å². The van der Waals surface area contributed by atoms with Crippen LogP contribution >= 0.6 is 0 Å². The Labute approximate surface area is 95.3 Å². The minimum Gasteiger partial charge on any atom is -0.504 e. The molecule has 96 valence electrons. The molecule has 0 aliphatic heterocycles. The highest BCUT2D eigenvalue weighted by Gasteiger charge is 2.26. The van der Waals surface area contributed by atoms with E-state index in [1.165, 1.54) is 6.07 Å². The lowest BCUT2D eigenvalue weighted by Gasteiger charge is -2.10. The lowest BCUT2D eigenvalue weighted by Crippen LogP contribution is -2.21. The van der Waals surface area contributed by atoms with Gasteiger partial charge in [-0.25, -0.2) is 0 Å². The molecule has 1 aromatic carbocycles. The summed E-state index contributed by atoms with van der Waals surface area (Å²) in [4.78, 5) is 0. The molecule has 0 aromatic heterocycles. The highest BCUT2D eigenvalue weighted by atomic mass is 19.4. The Morgan fingerprint density at radius 3 is 2.29 bits per heavy atom. The summed E-state index contributed by atoms with van der Waals surface area (Å²) >= 11 is 0. The van der Waals surface area contributed by atoms with Crippen molar-refractivity contribution in [2.75, 3.05) is 6.54 Å². The minimum absolute atomic E-state index is 0.0320. The van der Waals surface area contributed by atoms with Gasteiger partial charge in [-0.1, -0.05) is 6.07 Å². The van der Waals surface area contributed by atoms with E-state index in [-0.39, 0.29) is 18.7 Å². The van der Waals surface area contributed by atoms with Crippen molar-refractivity contribution in [1.29, 1.82) is 0 Å². The number of hydrogen-bond acceptors (Lipinski definition) is 4. The van der Waals surface area contributed by atoms with Crippen molar-refractivity contribution in [1.82, 2.24) is 5.32 Å². The molecule has 0 spiro atoms. The number of aromatic hydroxyl groups is 3. The monoisotopic (exact) mass is 251 g/mol. The Balaban J connectivity index is 2.51. The Hall–Kier alpha value is -1.63. The quantitative estimate of drug-likeness (QED) is 0.486. The fourth-order valence-corrected chi connectivity index (χ4v) is 1.21. The SMILES string of the molecule is Oc1ccc(CNCCC(F)(F)F)c(O)c1O. The maximum Gasteiger partial charge on any atom is 0.390 e. The third kappa shape index (κ3) is 4.03. The maximum atomic E-state index is 11.8. The van der Waals surface area contributed by atoms with Gasteiger partial charge in [0.1, 0.15) is 0 Å². The molecular formula is C10H12F3NO3. The lowest BCUT2D eigenvalue weighted by atomic mass is 10.1. The number of nitrogens with one attached hydrogen (secondary N) is 1. The molecule has 7 heteroatoms. The van der Waals surface area contributed by atoms with E-state index >= 15 is 0 Å². The summed E-state index contributed by atoms with van der Waals surface area (Å²) in [5.41, 5.74) is 0.211. The van der Waals surface area contributed by atoms with Crippen molar-refractivity contribution < 1.29 is 28.5 Å². The van der Waals surface area contributed by atoms with E-state index in [2.05, 4.69) is 5.32 Å². The predicted molar refractivity (Wildman–Crippen MR) is 53.8 cm³/mol. The van der Waals surface area contributed by atoms with Crippen molar-refractivity contribution in [3.8, 4) is 17.2 Å². The maximum absolute atomic E-state index is 11.8. The minimum atomic E-state index is -4.23. The number of hydrogen-bond donors (Lipinski definition) is 4. The van der Waals surface area contributed by atoms with Gasteiger partial charge in [0.2, 0.25) is 5.75 Å². The molecule has 0 bridgehead atoms. The largest absolute Gasteiger partial charge is 0.504 e. The zero-order valence-electron chi connectivity index (χ0n) is 8.75. The van der Waals surface area contributed by atoms with Crippen molar-refractivity contribution >= 4 is 0 Å². The van der Waals surface area contributed by atoms with Crippen LogP contribution in [0.5, 0.6) is 17.2 Å². The van der Waals surface area contributed by atoms with Crippen LogP contribution in [0.3, 0.4) is 0 Å². The van der Waals surface area contributed by atoms with Crippen molar-refractivity contribution in [3.05, 3.63) is 17.7 Å². The zero-order valence-corrected chi connectivity index (χ0v) is 8.75. The molecule has 4 N–H and O–H groups in total. The van der Waals surface area contributed by atoms with Gasteiger partial charge >= 0.3 is 6.18 Å². The normalized spacial score (nSPS) is 11.7. The third-order valence-electron chi connectivity index (χ3n) is 2.11. The van der Waals surface area contributed by atoms with Crippen LogP contribution in [0, 0.1) is 0 Å². The van der Waals surface area contributed by atoms with Crippen molar-refractivity contribution in [3.63, 3.8) is 0 Å². The molecular weight excluding hydrogens is 239 g/mol.